The lowest BCUT2D eigenvalue weighted by Gasteiger charge is -2.11. The van der Waals surface area contributed by atoms with Crippen LogP contribution in [0.5, 0.6) is 5.75 Å². The molecule has 0 unspecified atom stereocenters. The van der Waals surface area contributed by atoms with Gasteiger partial charge in [0.25, 0.3) is 5.91 Å². The third-order valence-electron chi connectivity index (χ3n) is 2.89. The van der Waals surface area contributed by atoms with Crippen molar-refractivity contribution in [2.75, 3.05) is 11.9 Å². The second-order valence-electron chi connectivity index (χ2n) is 4.73. The zero-order valence-corrected chi connectivity index (χ0v) is 14.9. The number of ether oxygens (including phenoxy) is 1. The molecular weight excluding hydrogens is 398 g/mol. The second-order valence-corrected chi connectivity index (χ2v) is 6.50. The molecule has 0 aliphatic heterocycles. The van der Waals surface area contributed by atoms with Gasteiger partial charge in [-0.25, -0.2) is 0 Å². The van der Waals surface area contributed by atoms with Crippen LogP contribution in [0.15, 0.2) is 45.3 Å². The molecule has 1 amide bonds. The Morgan fingerprint density at radius 2 is 1.90 bits per heavy atom. The molecule has 3 nitrogen and oxygen atoms in total. The van der Waals surface area contributed by atoms with Crippen LogP contribution < -0.4 is 10.1 Å². The van der Waals surface area contributed by atoms with Gasteiger partial charge >= 0.3 is 0 Å². The topological polar surface area (TPSA) is 38.3 Å². The molecule has 2 rings (SSSR count). The van der Waals surface area contributed by atoms with Crippen molar-refractivity contribution >= 4 is 43.5 Å². The first-order valence-electron chi connectivity index (χ1n) is 6.40. The van der Waals surface area contributed by atoms with E-state index in [-0.39, 0.29) is 12.5 Å². The van der Waals surface area contributed by atoms with Gasteiger partial charge in [0.05, 0.1) is 5.69 Å². The van der Waals surface area contributed by atoms with E-state index in [0.717, 1.165) is 25.8 Å². The molecule has 0 heterocycles. The number of halogens is 2. The van der Waals surface area contributed by atoms with Crippen molar-refractivity contribution in [2.45, 2.75) is 13.8 Å². The van der Waals surface area contributed by atoms with Crippen LogP contribution in [0.25, 0.3) is 0 Å². The average Bonchev–Trinajstić information content (AvgIpc) is 2.41. The average molecular weight is 413 g/mol. The minimum absolute atomic E-state index is 0.0250. The van der Waals surface area contributed by atoms with E-state index >= 15 is 0 Å². The summed E-state index contributed by atoms with van der Waals surface area (Å²) < 4.78 is 7.38. The summed E-state index contributed by atoms with van der Waals surface area (Å²) in [4.78, 5) is 11.9. The molecule has 5 heteroatoms. The number of hydrogen-bond acceptors (Lipinski definition) is 2. The molecule has 110 valence electrons. The maximum atomic E-state index is 11.9. The first kappa shape index (κ1) is 16.0. The lowest BCUT2D eigenvalue weighted by atomic mass is 10.2. The third-order valence-corrected chi connectivity index (χ3v) is 4.04. The highest BCUT2D eigenvalue weighted by Gasteiger charge is 2.08. The van der Waals surface area contributed by atoms with Crippen LogP contribution in [0.3, 0.4) is 0 Å². The molecule has 0 aliphatic rings. The number of carbonyl (C=O) groups is 1. The van der Waals surface area contributed by atoms with E-state index in [1.165, 1.54) is 0 Å². The van der Waals surface area contributed by atoms with Gasteiger partial charge in [0, 0.05) is 8.95 Å². The predicted molar refractivity (Wildman–Crippen MR) is 91.9 cm³/mol. The number of hydrogen-bond donors (Lipinski definition) is 1. The smallest absolute Gasteiger partial charge is 0.262 e. The van der Waals surface area contributed by atoms with Gasteiger partial charge in [0.2, 0.25) is 0 Å². The Morgan fingerprint density at radius 1 is 1.14 bits per heavy atom. The van der Waals surface area contributed by atoms with E-state index < -0.39 is 0 Å². The van der Waals surface area contributed by atoms with Crippen LogP contribution in [-0.2, 0) is 4.79 Å². The molecule has 0 fully saturated rings. The summed E-state index contributed by atoms with van der Waals surface area (Å²) >= 11 is 6.82. The molecular formula is C16H15Br2NO2. The second kappa shape index (κ2) is 7.09. The normalized spacial score (nSPS) is 10.3. The Bertz CT molecular complexity index is 671. The highest BCUT2D eigenvalue weighted by molar-refractivity contribution is 9.10. The van der Waals surface area contributed by atoms with E-state index in [1.54, 1.807) is 0 Å². The number of anilines is 1. The van der Waals surface area contributed by atoms with Crippen molar-refractivity contribution in [3.63, 3.8) is 0 Å². The summed E-state index contributed by atoms with van der Waals surface area (Å²) in [5.74, 6) is 0.512. The molecule has 1 N–H and O–H groups in total. The van der Waals surface area contributed by atoms with Gasteiger partial charge in [0.15, 0.2) is 6.61 Å². The maximum absolute atomic E-state index is 11.9. The lowest BCUT2D eigenvalue weighted by molar-refractivity contribution is -0.118. The van der Waals surface area contributed by atoms with Crippen molar-refractivity contribution in [3.05, 3.63) is 56.5 Å². The molecule has 0 radical (unpaired) electrons. The Hall–Kier alpha value is -1.33. The molecule has 0 spiro atoms. The quantitative estimate of drug-likeness (QED) is 0.779. The molecule has 0 aromatic heterocycles. The van der Waals surface area contributed by atoms with Crippen molar-refractivity contribution in [3.8, 4) is 5.75 Å². The van der Waals surface area contributed by atoms with Crippen LogP contribution in [-0.4, -0.2) is 12.5 Å². The molecule has 0 atom stereocenters. The Labute approximate surface area is 141 Å². The highest BCUT2D eigenvalue weighted by Crippen LogP contribution is 2.24. The van der Waals surface area contributed by atoms with Gasteiger partial charge in [-0.3, -0.25) is 4.79 Å². The number of carbonyl (C=O) groups excluding carboxylic acids is 1. The molecule has 21 heavy (non-hydrogen) atoms. The van der Waals surface area contributed by atoms with E-state index in [9.17, 15) is 4.79 Å². The summed E-state index contributed by atoms with van der Waals surface area (Å²) in [6.07, 6.45) is 0. The summed E-state index contributed by atoms with van der Waals surface area (Å²) in [7, 11) is 0. The fraction of sp³-hybridized carbons (Fsp3) is 0.188. The fourth-order valence-electron chi connectivity index (χ4n) is 1.83. The highest BCUT2D eigenvalue weighted by atomic mass is 79.9. The zero-order chi connectivity index (χ0) is 15.4. The Morgan fingerprint density at radius 3 is 2.57 bits per heavy atom. The standard InChI is InChI=1S/C16H15Br2NO2/c1-10-3-5-14(13(18)7-10)19-16(20)9-21-15-6-4-12(17)8-11(15)2/h3-8H,9H2,1-2H3,(H,19,20). The Balaban J connectivity index is 1.96. The van der Waals surface area contributed by atoms with Crippen molar-refractivity contribution in [1.82, 2.24) is 0 Å². The van der Waals surface area contributed by atoms with Crippen LogP contribution in [0.2, 0.25) is 0 Å². The van der Waals surface area contributed by atoms with E-state index in [0.29, 0.717) is 5.75 Å². The van der Waals surface area contributed by atoms with Crippen LogP contribution in [0.1, 0.15) is 11.1 Å². The van der Waals surface area contributed by atoms with Crippen molar-refractivity contribution in [2.24, 2.45) is 0 Å². The monoisotopic (exact) mass is 411 g/mol. The van der Waals surface area contributed by atoms with E-state index in [4.69, 9.17) is 4.74 Å². The number of nitrogens with one attached hydrogen (secondary N) is 1. The number of benzene rings is 2. The van der Waals surface area contributed by atoms with Gasteiger partial charge in [-0.2, -0.15) is 0 Å². The van der Waals surface area contributed by atoms with Gasteiger partial charge in [-0.1, -0.05) is 22.0 Å². The summed E-state index contributed by atoms with van der Waals surface area (Å²) in [6, 6.07) is 11.4. The molecule has 0 saturated heterocycles. The van der Waals surface area contributed by atoms with E-state index in [1.807, 2.05) is 50.2 Å². The Kier molecular flexibility index (Phi) is 5.42. The van der Waals surface area contributed by atoms with Crippen molar-refractivity contribution in [1.29, 1.82) is 0 Å². The lowest BCUT2D eigenvalue weighted by Crippen LogP contribution is -2.20. The van der Waals surface area contributed by atoms with Gasteiger partial charge in [0.1, 0.15) is 5.75 Å². The van der Waals surface area contributed by atoms with Crippen LogP contribution in [0.4, 0.5) is 5.69 Å². The maximum Gasteiger partial charge on any atom is 0.262 e. The third kappa shape index (κ3) is 4.58. The summed E-state index contributed by atoms with van der Waals surface area (Å²) in [5.41, 5.74) is 2.84. The first-order chi connectivity index (χ1) is 9.95. The summed E-state index contributed by atoms with van der Waals surface area (Å²) in [6.45, 7) is 3.91. The molecule has 0 aliphatic carbocycles. The summed E-state index contributed by atoms with van der Waals surface area (Å²) in [5, 5.41) is 2.82. The molecule has 0 bridgehead atoms. The van der Waals surface area contributed by atoms with Crippen LogP contribution in [0, 0.1) is 13.8 Å². The number of amides is 1. The molecule has 2 aromatic carbocycles. The van der Waals surface area contributed by atoms with Crippen LogP contribution >= 0.6 is 31.9 Å². The minimum Gasteiger partial charge on any atom is -0.483 e. The number of aryl methyl sites for hydroxylation is 2. The largest absolute Gasteiger partial charge is 0.483 e. The van der Waals surface area contributed by atoms with E-state index in [2.05, 4.69) is 37.2 Å². The van der Waals surface area contributed by atoms with Gasteiger partial charge in [-0.05, 0) is 71.2 Å². The van der Waals surface area contributed by atoms with Gasteiger partial charge < -0.3 is 10.1 Å². The van der Waals surface area contributed by atoms with Crippen molar-refractivity contribution < 1.29 is 9.53 Å². The zero-order valence-electron chi connectivity index (χ0n) is 11.7. The number of rotatable bonds is 4. The fourth-order valence-corrected chi connectivity index (χ4v) is 2.89. The first-order valence-corrected chi connectivity index (χ1v) is 7.99. The SMILES string of the molecule is Cc1ccc(NC(=O)COc2ccc(Br)cc2C)c(Br)c1. The molecule has 2 aromatic rings. The predicted octanol–water partition coefficient (Wildman–Crippen LogP) is 4.85. The minimum atomic E-state index is -0.193. The van der Waals surface area contributed by atoms with Gasteiger partial charge in [-0.15, -0.1) is 0 Å². The molecule has 0 saturated carbocycles.